The monoisotopic (exact) mass is 376 g/mol. The number of hydrogen-bond acceptors (Lipinski definition) is 2. The lowest BCUT2D eigenvalue weighted by Crippen LogP contribution is -2.29. The van der Waals surface area contributed by atoms with Crippen molar-refractivity contribution in [3.05, 3.63) is 58.1 Å². The van der Waals surface area contributed by atoms with Gasteiger partial charge in [-0.3, -0.25) is 9.59 Å². The Morgan fingerprint density at radius 2 is 1.42 bits per heavy atom. The number of halogens is 5. The highest BCUT2D eigenvalue weighted by Crippen LogP contribution is 2.23. The van der Waals surface area contributed by atoms with Crippen LogP contribution in [0.15, 0.2) is 42.5 Å². The van der Waals surface area contributed by atoms with Crippen molar-refractivity contribution in [2.75, 3.05) is 10.6 Å². The molecule has 9 heteroatoms. The van der Waals surface area contributed by atoms with Crippen LogP contribution < -0.4 is 10.6 Å². The molecule has 4 nitrogen and oxygen atoms in total. The lowest BCUT2D eigenvalue weighted by Gasteiger charge is -2.10. The number of anilines is 2. The van der Waals surface area contributed by atoms with E-state index in [0.717, 1.165) is 0 Å². The highest BCUT2D eigenvalue weighted by Gasteiger charge is 2.38. The summed E-state index contributed by atoms with van der Waals surface area (Å²) in [6, 6.07) is 9.48. The minimum atomic E-state index is -4.97. The van der Waals surface area contributed by atoms with Crippen LogP contribution in [0.4, 0.5) is 24.5 Å². The summed E-state index contributed by atoms with van der Waals surface area (Å²) < 4.78 is 36.4. The lowest BCUT2D eigenvalue weighted by atomic mass is 10.2. The SMILES string of the molecule is O=C(Nc1ccc(NC(=O)C(F)(F)F)cc1)c1ccc(Cl)cc1Cl. The predicted molar refractivity (Wildman–Crippen MR) is 85.5 cm³/mol. The summed E-state index contributed by atoms with van der Waals surface area (Å²) in [6.45, 7) is 0. The van der Waals surface area contributed by atoms with Crippen LogP contribution in [0, 0.1) is 0 Å². The van der Waals surface area contributed by atoms with Crippen LogP contribution in [-0.2, 0) is 4.79 Å². The summed E-state index contributed by atoms with van der Waals surface area (Å²) in [5.74, 6) is -2.59. The summed E-state index contributed by atoms with van der Waals surface area (Å²) in [6.07, 6.45) is -4.97. The second-order valence-electron chi connectivity index (χ2n) is 4.61. The molecule has 2 rings (SSSR count). The van der Waals surface area contributed by atoms with E-state index >= 15 is 0 Å². The van der Waals surface area contributed by atoms with E-state index in [9.17, 15) is 22.8 Å². The van der Waals surface area contributed by atoms with Gasteiger partial charge in [0.1, 0.15) is 0 Å². The molecule has 0 aliphatic rings. The molecule has 2 N–H and O–H groups in total. The Morgan fingerprint density at radius 3 is 1.92 bits per heavy atom. The molecular formula is C15H9Cl2F3N2O2. The van der Waals surface area contributed by atoms with Gasteiger partial charge in [-0.2, -0.15) is 13.2 Å². The molecule has 0 aliphatic carbocycles. The molecule has 0 saturated carbocycles. The molecule has 0 heterocycles. The van der Waals surface area contributed by atoms with Crippen molar-refractivity contribution in [3.63, 3.8) is 0 Å². The van der Waals surface area contributed by atoms with Crippen molar-refractivity contribution in [1.29, 1.82) is 0 Å². The fourth-order valence-electron chi connectivity index (χ4n) is 1.71. The third kappa shape index (κ3) is 4.62. The Balaban J connectivity index is 2.06. The van der Waals surface area contributed by atoms with E-state index in [-0.39, 0.29) is 16.3 Å². The molecule has 24 heavy (non-hydrogen) atoms. The van der Waals surface area contributed by atoms with Crippen LogP contribution in [-0.4, -0.2) is 18.0 Å². The van der Waals surface area contributed by atoms with Gasteiger partial charge in [0.05, 0.1) is 10.6 Å². The van der Waals surface area contributed by atoms with Crippen LogP contribution in [0.2, 0.25) is 10.0 Å². The molecular weight excluding hydrogens is 368 g/mol. The minimum Gasteiger partial charge on any atom is -0.322 e. The van der Waals surface area contributed by atoms with Gasteiger partial charge in [0.15, 0.2) is 0 Å². The van der Waals surface area contributed by atoms with Crippen LogP contribution >= 0.6 is 23.2 Å². The molecule has 126 valence electrons. The Morgan fingerprint density at radius 1 is 0.875 bits per heavy atom. The van der Waals surface area contributed by atoms with Crippen LogP contribution in [0.25, 0.3) is 0 Å². The summed E-state index contributed by atoms with van der Waals surface area (Å²) in [4.78, 5) is 22.9. The zero-order chi connectivity index (χ0) is 17.9. The smallest absolute Gasteiger partial charge is 0.322 e. The molecule has 2 aromatic rings. The fraction of sp³-hybridized carbons (Fsp3) is 0.0667. The number of amides is 2. The van der Waals surface area contributed by atoms with E-state index < -0.39 is 18.0 Å². The highest BCUT2D eigenvalue weighted by atomic mass is 35.5. The van der Waals surface area contributed by atoms with E-state index in [4.69, 9.17) is 23.2 Å². The minimum absolute atomic E-state index is 0.0557. The first-order valence-electron chi connectivity index (χ1n) is 6.41. The largest absolute Gasteiger partial charge is 0.471 e. The van der Waals surface area contributed by atoms with Crippen molar-refractivity contribution >= 4 is 46.4 Å². The molecule has 0 saturated heterocycles. The van der Waals surface area contributed by atoms with Crippen molar-refractivity contribution < 1.29 is 22.8 Å². The first-order chi connectivity index (χ1) is 11.2. The lowest BCUT2D eigenvalue weighted by molar-refractivity contribution is -0.167. The van der Waals surface area contributed by atoms with Gasteiger partial charge in [-0.05, 0) is 42.5 Å². The zero-order valence-corrected chi connectivity index (χ0v) is 13.3. The highest BCUT2D eigenvalue weighted by molar-refractivity contribution is 6.37. The summed E-state index contributed by atoms with van der Waals surface area (Å²) >= 11 is 11.7. The van der Waals surface area contributed by atoms with Crippen molar-refractivity contribution in [3.8, 4) is 0 Å². The number of benzene rings is 2. The van der Waals surface area contributed by atoms with Gasteiger partial charge in [-0.15, -0.1) is 0 Å². The quantitative estimate of drug-likeness (QED) is 0.812. The average molecular weight is 377 g/mol. The van der Waals surface area contributed by atoms with Crippen molar-refractivity contribution in [2.24, 2.45) is 0 Å². The number of carbonyl (C=O) groups excluding carboxylic acids is 2. The normalized spacial score (nSPS) is 11.0. The van der Waals surface area contributed by atoms with Crippen molar-refractivity contribution in [1.82, 2.24) is 0 Å². The third-order valence-corrected chi connectivity index (χ3v) is 3.38. The maximum Gasteiger partial charge on any atom is 0.471 e. The van der Waals surface area contributed by atoms with Gasteiger partial charge in [-0.25, -0.2) is 0 Å². The second-order valence-corrected chi connectivity index (χ2v) is 5.45. The number of alkyl halides is 3. The third-order valence-electron chi connectivity index (χ3n) is 2.83. The number of nitrogens with one attached hydrogen (secondary N) is 2. The fourth-order valence-corrected chi connectivity index (χ4v) is 2.21. The van der Waals surface area contributed by atoms with Gasteiger partial charge >= 0.3 is 12.1 Å². The maximum atomic E-state index is 12.1. The van der Waals surface area contributed by atoms with Gasteiger partial charge in [0, 0.05) is 16.4 Å². The first-order valence-corrected chi connectivity index (χ1v) is 7.17. The van der Waals surface area contributed by atoms with Gasteiger partial charge in [0.2, 0.25) is 0 Å². The molecule has 0 bridgehead atoms. The second kappa shape index (κ2) is 7.11. The topological polar surface area (TPSA) is 58.2 Å². The van der Waals surface area contributed by atoms with Gasteiger partial charge in [-0.1, -0.05) is 23.2 Å². The maximum absolute atomic E-state index is 12.1. The van der Waals surface area contributed by atoms with E-state index in [1.54, 1.807) is 5.32 Å². The molecule has 0 radical (unpaired) electrons. The van der Waals surface area contributed by atoms with Gasteiger partial charge < -0.3 is 10.6 Å². The van der Waals surface area contributed by atoms with E-state index in [0.29, 0.717) is 10.7 Å². The Bertz CT molecular complexity index is 777. The summed E-state index contributed by atoms with van der Waals surface area (Å²) in [5.41, 5.74) is 0.450. The van der Waals surface area contributed by atoms with Gasteiger partial charge in [0.25, 0.3) is 5.91 Å². The molecule has 0 aromatic heterocycles. The van der Waals surface area contributed by atoms with Crippen molar-refractivity contribution in [2.45, 2.75) is 6.18 Å². The van der Waals surface area contributed by atoms with E-state index in [1.165, 1.54) is 42.5 Å². The Kier molecular flexibility index (Phi) is 5.36. The Labute approximate surface area is 144 Å². The van der Waals surface area contributed by atoms with Crippen LogP contribution in [0.1, 0.15) is 10.4 Å². The standard InChI is InChI=1S/C15H9Cl2F3N2O2/c16-8-1-6-11(12(17)7-8)13(23)21-9-2-4-10(5-3-9)22-14(24)15(18,19)20/h1-7H,(H,21,23)(H,22,24). The number of carbonyl (C=O) groups is 2. The number of hydrogen-bond donors (Lipinski definition) is 2. The summed E-state index contributed by atoms with van der Waals surface area (Å²) in [7, 11) is 0. The van der Waals surface area contributed by atoms with E-state index in [1.807, 2.05) is 0 Å². The molecule has 0 aliphatic heterocycles. The number of rotatable bonds is 3. The first kappa shape index (κ1) is 18.1. The van der Waals surface area contributed by atoms with E-state index in [2.05, 4.69) is 5.32 Å². The average Bonchev–Trinajstić information content (AvgIpc) is 2.48. The molecule has 0 fully saturated rings. The van der Waals surface area contributed by atoms with Crippen LogP contribution in [0.3, 0.4) is 0 Å². The predicted octanol–water partition coefficient (Wildman–Crippen LogP) is 4.75. The van der Waals surface area contributed by atoms with Crippen LogP contribution in [0.5, 0.6) is 0 Å². The molecule has 0 atom stereocenters. The molecule has 0 spiro atoms. The Hall–Kier alpha value is -2.25. The summed E-state index contributed by atoms with van der Waals surface area (Å²) in [5, 5.41) is 4.76. The zero-order valence-electron chi connectivity index (χ0n) is 11.7. The molecule has 2 aromatic carbocycles. The molecule has 2 amide bonds. The molecule has 0 unspecified atom stereocenters.